The van der Waals surface area contributed by atoms with Crippen LogP contribution in [0.15, 0.2) is 127 Å². The summed E-state index contributed by atoms with van der Waals surface area (Å²) in [6.07, 6.45) is 19.9. The van der Waals surface area contributed by atoms with Gasteiger partial charge >= 0.3 is 0 Å². The van der Waals surface area contributed by atoms with Crippen LogP contribution in [-0.2, 0) is 27.5 Å². The van der Waals surface area contributed by atoms with Gasteiger partial charge in [0.05, 0.1) is 18.2 Å². The predicted octanol–water partition coefficient (Wildman–Crippen LogP) is 13.2. The van der Waals surface area contributed by atoms with Crippen LogP contribution < -0.4 is 9.47 Å². The summed E-state index contributed by atoms with van der Waals surface area (Å²) < 4.78 is 35.7. The summed E-state index contributed by atoms with van der Waals surface area (Å²) in [5, 5.41) is 25.1. The number of aldehydes is 1. The van der Waals surface area contributed by atoms with Crippen LogP contribution >= 0.6 is 0 Å². The van der Waals surface area contributed by atoms with Crippen LogP contribution in [-0.4, -0.2) is 64.7 Å². The Bertz CT molecular complexity index is 2370. The Morgan fingerprint density at radius 1 is 0.831 bits per heavy atom. The number of aliphatic hydroxyl groups is 2. The number of carbonyl (C=O) groups is 2. The van der Waals surface area contributed by atoms with Crippen molar-refractivity contribution in [3.63, 3.8) is 0 Å². The van der Waals surface area contributed by atoms with Crippen molar-refractivity contribution in [2.45, 2.75) is 147 Å². The van der Waals surface area contributed by atoms with E-state index in [1.165, 1.54) is 44.2 Å². The summed E-state index contributed by atoms with van der Waals surface area (Å²) in [6.45, 7) is 7.02. The summed E-state index contributed by atoms with van der Waals surface area (Å²) in [7, 11) is 0. The first-order valence-corrected chi connectivity index (χ1v) is 26.3. The van der Waals surface area contributed by atoms with E-state index in [4.69, 9.17) is 24.2 Å². The molecule has 11 heteroatoms. The van der Waals surface area contributed by atoms with Gasteiger partial charge in [-0.3, -0.25) is 9.59 Å². The average Bonchev–Trinajstić information content (AvgIpc) is 3.39. The first-order chi connectivity index (χ1) is 34.8. The Labute approximate surface area is 420 Å². The lowest BCUT2D eigenvalue weighted by atomic mass is 9.55. The Morgan fingerprint density at radius 3 is 2.27 bits per heavy atom. The van der Waals surface area contributed by atoms with Crippen LogP contribution in [0.2, 0.25) is 0 Å². The van der Waals surface area contributed by atoms with Gasteiger partial charge in [0.15, 0.2) is 0 Å². The highest BCUT2D eigenvalue weighted by atomic mass is 19.1. The highest BCUT2D eigenvalue weighted by molar-refractivity contribution is 6.03. The molecule has 2 N–H and O–H groups in total. The molecule has 0 bridgehead atoms. The maximum atomic E-state index is 15.3. The molecule has 380 valence electrons. The van der Waals surface area contributed by atoms with Crippen molar-refractivity contribution in [1.29, 1.82) is 0 Å². The molecule has 0 saturated heterocycles. The van der Waals surface area contributed by atoms with E-state index in [9.17, 15) is 19.4 Å². The minimum Gasteiger partial charge on any atom is -0.459 e. The summed E-state index contributed by atoms with van der Waals surface area (Å²) in [4.78, 5) is 35.2. The number of fused-ring (bicyclic) bond motifs is 2. The van der Waals surface area contributed by atoms with Gasteiger partial charge in [-0.1, -0.05) is 143 Å². The first-order valence-electron chi connectivity index (χ1n) is 26.3. The number of nitrogens with zero attached hydrogens (tertiary/aromatic N) is 2. The molecule has 1 fully saturated rings. The molecule has 0 aromatic heterocycles. The van der Waals surface area contributed by atoms with Crippen LogP contribution in [0, 0.1) is 23.6 Å². The zero-order valence-corrected chi connectivity index (χ0v) is 41.7. The molecular weight excluding hydrogens is 896 g/mol. The second-order valence-corrected chi connectivity index (χ2v) is 19.6. The van der Waals surface area contributed by atoms with E-state index < -0.39 is 17.7 Å². The number of carbonyl (C=O) groups excluding carboxylic acids is 2. The molecule has 2 aliphatic carbocycles. The molecule has 1 amide bonds. The van der Waals surface area contributed by atoms with Gasteiger partial charge < -0.3 is 34.2 Å². The molecule has 1 saturated carbocycles. The Balaban J connectivity index is 1.38. The molecule has 0 spiro atoms. The summed E-state index contributed by atoms with van der Waals surface area (Å²) in [5.74, 6) is -0.935. The maximum Gasteiger partial charge on any atom is 0.239 e. The van der Waals surface area contributed by atoms with Gasteiger partial charge in [-0.25, -0.2) is 4.39 Å². The Kier molecular flexibility index (Phi) is 20.4. The van der Waals surface area contributed by atoms with Gasteiger partial charge in [0.2, 0.25) is 11.7 Å². The van der Waals surface area contributed by atoms with Gasteiger partial charge in [0.1, 0.15) is 42.0 Å². The number of hydrogen-bond acceptors (Lipinski definition) is 9. The number of rotatable bonds is 30. The third-order valence-corrected chi connectivity index (χ3v) is 14.6. The largest absolute Gasteiger partial charge is 0.459 e. The number of hydrogen-bond donors (Lipinski definition) is 2. The lowest BCUT2D eigenvalue weighted by Gasteiger charge is -2.60. The third-order valence-electron chi connectivity index (χ3n) is 14.6. The van der Waals surface area contributed by atoms with Crippen LogP contribution in [0.3, 0.4) is 0 Å². The standard InChI is InChI=1S/C60H75FN2O8/c1-3-5-6-7-8-9-10-11-15-27-57(67)63(41-44-28-30-48(61)31-29-44)56-40-54(62-69-43-45-21-13-12-14-22-45)52-38-47(24-16-18-34-64)51(26-17-19-35-65)58-53-39-50(70-49-25-20-23-46(37-49)42-66)32-33-55(53)71-60(56,59(52)58)68-36-4-2/h4,12-14,20-23,25,28-33,37-39,42,47,51,56,58-59,64-65H,2-3,5-11,15-19,24,26-27,34-36,40-41,43H2,1H3/t47-,51+,56-,58+,59+,60+/m0/s1. The van der Waals surface area contributed by atoms with E-state index in [-0.39, 0.29) is 68.9 Å². The molecule has 4 aromatic rings. The van der Waals surface area contributed by atoms with Gasteiger partial charge in [0.25, 0.3) is 0 Å². The zero-order valence-electron chi connectivity index (χ0n) is 41.7. The van der Waals surface area contributed by atoms with Crippen molar-refractivity contribution < 1.29 is 43.2 Å². The normalized spacial score (nSPS) is 21.6. The molecule has 1 aliphatic heterocycles. The minimum absolute atomic E-state index is 0.00505. The molecule has 71 heavy (non-hydrogen) atoms. The third kappa shape index (κ3) is 13.9. The second kappa shape index (κ2) is 27.3. The lowest BCUT2D eigenvalue weighted by Crippen LogP contribution is -2.70. The van der Waals surface area contributed by atoms with E-state index in [1.807, 2.05) is 59.5 Å². The fourth-order valence-electron chi connectivity index (χ4n) is 11.1. The van der Waals surface area contributed by atoms with Crippen molar-refractivity contribution in [1.82, 2.24) is 4.90 Å². The molecular formula is C60H75FN2O8. The second-order valence-electron chi connectivity index (χ2n) is 19.6. The Morgan fingerprint density at radius 2 is 1.55 bits per heavy atom. The quantitative estimate of drug-likeness (QED) is 0.0229. The van der Waals surface area contributed by atoms with Crippen LogP contribution in [0.1, 0.15) is 149 Å². The number of allylic oxidation sites excluding steroid dienone is 1. The lowest BCUT2D eigenvalue weighted by molar-refractivity contribution is -0.258. The van der Waals surface area contributed by atoms with Crippen molar-refractivity contribution in [2.75, 3.05) is 19.8 Å². The van der Waals surface area contributed by atoms with Gasteiger partial charge in [-0.2, -0.15) is 0 Å². The first kappa shape index (κ1) is 53.2. The van der Waals surface area contributed by atoms with E-state index in [2.05, 4.69) is 19.6 Å². The van der Waals surface area contributed by atoms with E-state index in [1.54, 1.807) is 36.4 Å². The molecule has 3 aliphatic rings. The molecule has 6 atom stereocenters. The number of halogens is 1. The molecule has 4 aromatic carbocycles. The summed E-state index contributed by atoms with van der Waals surface area (Å²) in [5.41, 5.74) is 4.78. The van der Waals surface area contributed by atoms with Gasteiger partial charge in [-0.05, 0) is 103 Å². The number of unbranched alkanes of at least 4 members (excludes halogenated alkanes) is 10. The minimum atomic E-state index is -1.46. The monoisotopic (exact) mass is 971 g/mol. The Hall–Kier alpha value is -5.62. The van der Waals surface area contributed by atoms with Crippen LogP contribution in [0.4, 0.5) is 4.39 Å². The smallest absolute Gasteiger partial charge is 0.239 e. The van der Waals surface area contributed by atoms with Crippen molar-refractivity contribution in [3.05, 3.63) is 149 Å². The number of amides is 1. The van der Waals surface area contributed by atoms with E-state index >= 15 is 4.79 Å². The number of aliphatic hydroxyl groups excluding tert-OH is 2. The maximum absolute atomic E-state index is 15.3. The van der Waals surface area contributed by atoms with Crippen LogP contribution in [0.5, 0.6) is 17.2 Å². The number of benzene rings is 4. The molecule has 0 radical (unpaired) electrons. The van der Waals surface area contributed by atoms with Crippen molar-refractivity contribution in [3.8, 4) is 17.2 Å². The number of ether oxygens (including phenoxy) is 3. The van der Waals surface area contributed by atoms with E-state index in [0.29, 0.717) is 47.8 Å². The van der Waals surface area contributed by atoms with E-state index in [0.717, 1.165) is 79.9 Å². The highest BCUT2D eigenvalue weighted by Gasteiger charge is 2.65. The molecule has 0 unspecified atom stereocenters. The summed E-state index contributed by atoms with van der Waals surface area (Å²) >= 11 is 0. The van der Waals surface area contributed by atoms with Crippen molar-refractivity contribution >= 4 is 17.9 Å². The topological polar surface area (TPSA) is 127 Å². The fourth-order valence-corrected chi connectivity index (χ4v) is 11.1. The highest BCUT2D eigenvalue weighted by Crippen LogP contribution is 2.62. The van der Waals surface area contributed by atoms with Crippen LogP contribution in [0.25, 0.3) is 0 Å². The molecule has 7 rings (SSSR count). The average molecular weight is 971 g/mol. The van der Waals surface area contributed by atoms with Crippen molar-refractivity contribution in [2.24, 2.45) is 22.9 Å². The zero-order chi connectivity index (χ0) is 49.8. The molecule has 10 nitrogen and oxygen atoms in total. The van der Waals surface area contributed by atoms with Gasteiger partial charge in [-0.15, -0.1) is 6.58 Å². The predicted molar refractivity (Wildman–Crippen MR) is 277 cm³/mol. The fraction of sp³-hybridized carbons (Fsp3) is 0.483. The number of oxime groups is 1. The molecule has 1 heterocycles. The van der Waals surface area contributed by atoms with Gasteiger partial charge in [0, 0.05) is 49.6 Å². The SMILES string of the molecule is C=CCO[C@@]12Oc3ccc(Oc4cccc(C=O)c4)cc3[C@H]3[C@H](CCCCO)[C@@H](CCCCO)C=C(C(=NOCc4ccccc4)C[C@@H]1N(Cc1ccc(F)cc1)C(=O)CCCCCCCCCCC)[C@H]32. The summed E-state index contributed by atoms with van der Waals surface area (Å²) in [6, 6.07) is 28.4.